The van der Waals surface area contributed by atoms with Crippen LogP contribution in [0.1, 0.15) is 0 Å². The highest BCUT2D eigenvalue weighted by Gasteiger charge is 2.11. The minimum absolute atomic E-state index is 0.299. The lowest BCUT2D eigenvalue weighted by molar-refractivity contribution is 0.609. The first kappa shape index (κ1) is 8.31. The summed E-state index contributed by atoms with van der Waals surface area (Å²) in [6, 6.07) is 2.82. The second-order valence-corrected chi connectivity index (χ2v) is 3.89. The molecule has 0 aliphatic carbocycles. The Morgan fingerprint density at radius 2 is 2.17 bits per heavy atom. The number of hydrogen-bond donors (Lipinski definition) is 0. The van der Waals surface area contributed by atoms with Crippen LogP contribution >= 0.6 is 34.2 Å². The van der Waals surface area contributed by atoms with Crippen LogP contribution in [-0.4, -0.2) is 0 Å². The predicted octanol–water partition coefficient (Wildman–Crippen LogP) is 3.83. The van der Waals surface area contributed by atoms with Crippen molar-refractivity contribution in [1.29, 1.82) is 0 Å². The lowest BCUT2D eigenvalue weighted by Gasteiger charge is -1.93. The van der Waals surface area contributed by atoms with Crippen molar-refractivity contribution in [3.63, 3.8) is 0 Å². The Balaban J connectivity index is 2.98. The third-order valence-electron chi connectivity index (χ3n) is 1.58. The van der Waals surface area contributed by atoms with Crippen LogP contribution in [0.25, 0.3) is 11.0 Å². The molecule has 0 amide bonds. The second kappa shape index (κ2) is 2.88. The van der Waals surface area contributed by atoms with Crippen LogP contribution in [0.2, 0.25) is 5.02 Å². The molecule has 62 valence electrons. The van der Waals surface area contributed by atoms with Gasteiger partial charge in [0, 0.05) is 0 Å². The van der Waals surface area contributed by atoms with E-state index in [1.54, 1.807) is 0 Å². The van der Waals surface area contributed by atoms with E-state index in [2.05, 4.69) is 0 Å². The van der Waals surface area contributed by atoms with Crippen molar-refractivity contribution < 1.29 is 8.81 Å². The van der Waals surface area contributed by atoms with Gasteiger partial charge in [-0.25, -0.2) is 4.39 Å². The molecular weight excluding hydrogens is 293 g/mol. The van der Waals surface area contributed by atoms with Crippen LogP contribution in [0, 0.1) is 9.39 Å². The fourth-order valence-electron chi connectivity index (χ4n) is 1.04. The normalized spacial score (nSPS) is 10.9. The molecule has 0 fully saturated rings. The Morgan fingerprint density at radius 3 is 2.83 bits per heavy atom. The van der Waals surface area contributed by atoms with E-state index in [4.69, 9.17) is 16.0 Å². The number of fused-ring (bicyclic) bond motifs is 1. The second-order valence-electron chi connectivity index (χ2n) is 2.32. The number of hydrogen-bond acceptors (Lipinski definition) is 1. The lowest BCUT2D eigenvalue weighted by atomic mass is 10.2. The van der Waals surface area contributed by atoms with Gasteiger partial charge in [0.2, 0.25) is 0 Å². The van der Waals surface area contributed by atoms with Gasteiger partial charge in [0.15, 0.2) is 5.58 Å². The van der Waals surface area contributed by atoms with Crippen molar-refractivity contribution in [1.82, 2.24) is 0 Å². The van der Waals surface area contributed by atoms with Crippen LogP contribution in [0.3, 0.4) is 0 Å². The zero-order chi connectivity index (χ0) is 8.72. The summed E-state index contributed by atoms with van der Waals surface area (Å²) < 4.78 is 19.0. The van der Waals surface area contributed by atoms with Gasteiger partial charge in [-0.3, -0.25) is 0 Å². The summed E-state index contributed by atoms with van der Waals surface area (Å²) in [6.07, 6.45) is 1.49. The highest BCUT2D eigenvalue weighted by molar-refractivity contribution is 14.1. The van der Waals surface area contributed by atoms with Gasteiger partial charge in [-0.05, 0) is 34.7 Å². The van der Waals surface area contributed by atoms with Crippen LogP contribution in [0.4, 0.5) is 4.39 Å². The van der Waals surface area contributed by atoms with Gasteiger partial charge >= 0.3 is 0 Å². The molecule has 1 aromatic carbocycles. The molecular formula is C8H3ClFIO. The molecule has 0 saturated heterocycles. The number of benzene rings is 1. The summed E-state index contributed by atoms with van der Waals surface area (Å²) in [5, 5.41) is 0.900. The Labute approximate surface area is 86.6 Å². The average Bonchev–Trinajstić information content (AvgIpc) is 2.42. The molecule has 4 heteroatoms. The molecule has 2 aromatic rings. The van der Waals surface area contributed by atoms with Crippen molar-refractivity contribution in [3.05, 3.63) is 32.8 Å². The summed E-state index contributed by atoms with van der Waals surface area (Å²) >= 11 is 7.78. The van der Waals surface area contributed by atoms with Gasteiger partial charge in [-0.15, -0.1) is 0 Å². The molecule has 2 rings (SSSR count). The fourth-order valence-corrected chi connectivity index (χ4v) is 1.87. The van der Waals surface area contributed by atoms with Crippen LogP contribution in [0.15, 0.2) is 22.8 Å². The van der Waals surface area contributed by atoms with Crippen LogP contribution in [0.5, 0.6) is 0 Å². The summed E-state index contributed by atoms with van der Waals surface area (Å²) in [7, 11) is 0. The summed E-state index contributed by atoms with van der Waals surface area (Å²) in [5.41, 5.74) is 0.418. The Morgan fingerprint density at radius 1 is 1.42 bits per heavy atom. The molecule has 1 heterocycles. The fraction of sp³-hybridized carbons (Fsp3) is 0. The molecule has 0 aliphatic rings. The van der Waals surface area contributed by atoms with E-state index in [0.717, 1.165) is 3.57 Å². The van der Waals surface area contributed by atoms with Crippen molar-refractivity contribution in [3.8, 4) is 0 Å². The summed E-state index contributed by atoms with van der Waals surface area (Å²) in [4.78, 5) is 0. The Bertz CT molecular complexity index is 438. The minimum Gasteiger partial charge on any atom is -0.462 e. The van der Waals surface area contributed by atoms with Crippen molar-refractivity contribution >= 4 is 45.2 Å². The third-order valence-corrected chi connectivity index (χ3v) is 2.67. The maximum absolute atomic E-state index is 13.1. The first-order chi connectivity index (χ1) is 5.70. The molecule has 0 N–H and O–H groups in total. The first-order valence-corrected chi connectivity index (χ1v) is 4.66. The van der Waals surface area contributed by atoms with Crippen LogP contribution in [-0.2, 0) is 0 Å². The smallest absolute Gasteiger partial charge is 0.156 e. The van der Waals surface area contributed by atoms with Gasteiger partial charge in [-0.2, -0.15) is 0 Å². The van der Waals surface area contributed by atoms with Crippen LogP contribution < -0.4 is 0 Å². The maximum atomic E-state index is 13.1. The molecule has 0 bridgehead atoms. The molecule has 0 atom stereocenters. The molecule has 0 unspecified atom stereocenters. The zero-order valence-corrected chi connectivity index (χ0v) is 8.69. The summed E-state index contributed by atoms with van der Waals surface area (Å²) in [5.74, 6) is -0.299. The van der Waals surface area contributed by atoms with E-state index in [1.165, 1.54) is 18.4 Å². The zero-order valence-electron chi connectivity index (χ0n) is 5.77. The van der Waals surface area contributed by atoms with Gasteiger partial charge in [0.25, 0.3) is 0 Å². The van der Waals surface area contributed by atoms with E-state index in [9.17, 15) is 4.39 Å². The number of rotatable bonds is 0. The molecule has 0 aliphatic heterocycles. The Hall–Kier alpha value is -0.290. The quantitative estimate of drug-likeness (QED) is 0.673. The van der Waals surface area contributed by atoms with Gasteiger partial charge < -0.3 is 4.42 Å². The van der Waals surface area contributed by atoms with E-state index >= 15 is 0 Å². The topological polar surface area (TPSA) is 13.1 Å². The number of furan rings is 1. The molecule has 1 nitrogen and oxygen atoms in total. The largest absolute Gasteiger partial charge is 0.462 e. The molecule has 1 aromatic heterocycles. The highest BCUT2D eigenvalue weighted by atomic mass is 127. The first-order valence-electron chi connectivity index (χ1n) is 3.21. The van der Waals surface area contributed by atoms with Crippen molar-refractivity contribution in [2.24, 2.45) is 0 Å². The van der Waals surface area contributed by atoms with Gasteiger partial charge in [0.05, 0.1) is 14.0 Å². The molecule has 0 spiro atoms. The van der Waals surface area contributed by atoms with Crippen molar-refractivity contribution in [2.75, 3.05) is 0 Å². The van der Waals surface area contributed by atoms with E-state index in [1.807, 2.05) is 22.6 Å². The molecule has 0 saturated carbocycles. The summed E-state index contributed by atoms with van der Waals surface area (Å²) in [6.45, 7) is 0. The Kier molecular flexibility index (Phi) is 2.00. The monoisotopic (exact) mass is 296 g/mol. The van der Waals surface area contributed by atoms with Gasteiger partial charge in [0.1, 0.15) is 12.1 Å². The molecule has 12 heavy (non-hydrogen) atoms. The average molecular weight is 296 g/mol. The lowest BCUT2D eigenvalue weighted by Crippen LogP contribution is -1.77. The number of halogens is 3. The third kappa shape index (κ3) is 1.11. The predicted molar refractivity (Wildman–Crippen MR) is 53.9 cm³/mol. The standard InChI is InChI=1S/C8H3ClFIO/c9-4-1-2-5(10)7-6(11)3-12-8(4)7/h1-3H. The minimum atomic E-state index is -0.299. The highest BCUT2D eigenvalue weighted by Crippen LogP contribution is 2.30. The van der Waals surface area contributed by atoms with E-state index < -0.39 is 0 Å². The van der Waals surface area contributed by atoms with Gasteiger partial charge in [-0.1, -0.05) is 11.6 Å². The van der Waals surface area contributed by atoms with Crippen molar-refractivity contribution in [2.45, 2.75) is 0 Å². The van der Waals surface area contributed by atoms with E-state index in [0.29, 0.717) is 16.0 Å². The van der Waals surface area contributed by atoms with E-state index in [-0.39, 0.29) is 5.82 Å². The maximum Gasteiger partial charge on any atom is 0.156 e. The SMILES string of the molecule is Fc1ccc(Cl)c2occ(I)c12. The molecule has 0 radical (unpaired) electrons.